The first-order chi connectivity index (χ1) is 12.3. The van der Waals surface area contributed by atoms with Crippen LogP contribution in [0.4, 0.5) is 24.8 Å². The van der Waals surface area contributed by atoms with E-state index >= 15 is 0 Å². The summed E-state index contributed by atoms with van der Waals surface area (Å²) in [5.41, 5.74) is -0.427. The second-order valence-corrected chi connectivity index (χ2v) is 5.68. The van der Waals surface area contributed by atoms with Crippen molar-refractivity contribution in [1.82, 2.24) is 15.3 Å². The van der Waals surface area contributed by atoms with Gasteiger partial charge in [0.1, 0.15) is 11.6 Å². The van der Waals surface area contributed by atoms with Gasteiger partial charge < -0.3 is 16.0 Å². The van der Waals surface area contributed by atoms with E-state index in [2.05, 4.69) is 25.9 Å². The summed E-state index contributed by atoms with van der Waals surface area (Å²) in [6, 6.07) is 4.04. The second-order valence-electron chi connectivity index (χ2n) is 5.27. The van der Waals surface area contributed by atoms with Gasteiger partial charge in [0, 0.05) is 38.1 Å². The highest BCUT2D eigenvalue weighted by Gasteiger charge is 2.31. The lowest BCUT2D eigenvalue weighted by Crippen LogP contribution is -2.26. The molecule has 0 saturated heterocycles. The summed E-state index contributed by atoms with van der Waals surface area (Å²) in [5.74, 6) is 0.510. The van der Waals surface area contributed by atoms with E-state index in [0.717, 1.165) is 12.3 Å². The predicted octanol–water partition coefficient (Wildman–Crippen LogP) is 3.42. The van der Waals surface area contributed by atoms with Gasteiger partial charge in [0.15, 0.2) is 0 Å². The third-order valence-electron chi connectivity index (χ3n) is 3.38. The Labute approximate surface area is 153 Å². The third kappa shape index (κ3) is 5.48. The SMILES string of the molecule is CNc1cc(C(=O)NCCCNc2ncc(C(F)(F)F)cc2Cl)ccn1. The summed E-state index contributed by atoms with van der Waals surface area (Å²) in [4.78, 5) is 19.7. The van der Waals surface area contributed by atoms with E-state index in [-0.39, 0.29) is 16.7 Å². The smallest absolute Gasteiger partial charge is 0.373 e. The van der Waals surface area contributed by atoms with Gasteiger partial charge in [0.25, 0.3) is 5.91 Å². The number of amides is 1. The highest BCUT2D eigenvalue weighted by Crippen LogP contribution is 2.32. The van der Waals surface area contributed by atoms with Gasteiger partial charge in [0.05, 0.1) is 10.6 Å². The van der Waals surface area contributed by atoms with Crippen LogP contribution in [-0.4, -0.2) is 36.0 Å². The molecular weight excluding hydrogens is 371 g/mol. The first-order valence-corrected chi connectivity index (χ1v) is 8.07. The maximum absolute atomic E-state index is 12.5. The zero-order chi connectivity index (χ0) is 19.2. The number of hydrogen-bond acceptors (Lipinski definition) is 5. The first kappa shape index (κ1) is 19.8. The minimum atomic E-state index is -4.49. The summed E-state index contributed by atoms with van der Waals surface area (Å²) in [6.07, 6.45) is -1.70. The monoisotopic (exact) mass is 387 g/mol. The highest BCUT2D eigenvalue weighted by molar-refractivity contribution is 6.32. The fraction of sp³-hybridized carbons (Fsp3) is 0.312. The van der Waals surface area contributed by atoms with Crippen molar-refractivity contribution in [2.24, 2.45) is 0 Å². The van der Waals surface area contributed by atoms with Gasteiger partial charge in [-0.2, -0.15) is 13.2 Å². The number of alkyl halides is 3. The van der Waals surface area contributed by atoms with Crippen molar-refractivity contribution < 1.29 is 18.0 Å². The molecule has 0 saturated carbocycles. The summed E-state index contributed by atoms with van der Waals surface area (Å²) in [5, 5.41) is 8.32. The van der Waals surface area contributed by atoms with Gasteiger partial charge in [-0.05, 0) is 24.6 Å². The highest BCUT2D eigenvalue weighted by atomic mass is 35.5. The summed E-state index contributed by atoms with van der Waals surface area (Å²) in [6.45, 7) is 0.762. The Bertz CT molecular complexity index is 770. The van der Waals surface area contributed by atoms with Crippen LogP contribution < -0.4 is 16.0 Å². The number of halogens is 4. The van der Waals surface area contributed by atoms with E-state index in [1.807, 2.05) is 0 Å². The van der Waals surface area contributed by atoms with Gasteiger partial charge in [-0.3, -0.25) is 4.79 Å². The Morgan fingerprint density at radius 1 is 1.23 bits per heavy atom. The lowest BCUT2D eigenvalue weighted by molar-refractivity contribution is -0.137. The van der Waals surface area contributed by atoms with Crippen LogP contribution in [0, 0.1) is 0 Å². The number of rotatable bonds is 7. The van der Waals surface area contributed by atoms with Crippen molar-refractivity contribution >= 4 is 29.1 Å². The molecule has 140 valence electrons. The number of pyridine rings is 2. The standard InChI is InChI=1S/C16H17ClF3N5O/c1-21-13-7-10(3-6-22-13)15(26)24-5-2-4-23-14-12(17)8-11(9-25-14)16(18,19)20/h3,6-9H,2,4-5H2,1H3,(H,21,22)(H,23,25)(H,24,26). The lowest BCUT2D eigenvalue weighted by atomic mass is 10.2. The average Bonchev–Trinajstić information content (AvgIpc) is 2.61. The van der Waals surface area contributed by atoms with Crippen molar-refractivity contribution in [1.29, 1.82) is 0 Å². The van der Waals surface area contributed by atoms with Gasteiger partial charge in [0.2, 0.25) is 0 Å². The van der Waals surface area contributed by atoms with Crippen molar-refractivity contribution in [2.75, 3.05) is 30.8 Å². The molecule has 0 bridgehead atoms. The molecule has 2 aromatic heterocycles. The summed E-state index contributed by atoms with van der Waals surface area (Å²) in [7, 11) is 1.70. The van der Waals surface area contributed by atoms with Crippen LogP contribution in [0.2, 0.25) is 5.02 Å². The van der Waals surface area contributed by atoms with Crippen molar-refractivity contribution in [3.8, 4) is 0 Å². The van der Waals surface area contributed by atoms with Gasteiger partial charge >= 0.3 is 6.18 Å². The van der Waals surface area contributed by atoms with Gasteiger partial charge in [-0.1, -0.05) is 11.6 Å². The molecule has 0 spiro atoms. The van der Waals surface area contributed by atoms with Crippen LogP contribution in [0.1, 0.15) is 22.3 Å². The molecule has 0 radical (unpaired) electrons. The largest absolute Gasteiger partial charge is 0.417 e. The molecule has 0 aliphatic carbocycles. The molecule has 0 unspecified atom stereocenters. The third-order valence-corrected chi connectivity index (χ3v) is 3.67. The van der Waals surface area contributed by atoms with Crippen LogP contribution in [0.15, 0.2) is 30.6 Å². The molecule has 0 aromatic carbocycles. The minimum Gasteiger partial charge on any atom is -0.373 e. The molecule has 6 nitrogen and oxygen atoms in total. The number of carbonyl (C=O) groups excluding carboxylic acids is 1. The number of aromatic nitrogens is 2. The molecule has 10 heteroatoms. The summed E-state index contributed by atoms with van der Waals surface area (Å²) >= 11 is 5.80. The van der Waals surface area contributed by atoms with Crippen molar-refractivity contribution in [3.63, 3.8) is 0 Å². The number of carbonyl (C=O) groups is 1. The van der Waals surface area contributed by atoms with E-state index in [0.29, 0.717) is 30.9 Å². The van der Waals surface area contributed by atoms with E-state index in [1.165, 1.54) is 6.20 Å². The molecule has 2 rings (SSSR count). The Morgan fingerprint density at radius 3 is 2.65 bits per heavy atom. The topological polar surface area (TPSA) is 78.9 Å². The summed E-state index contributed by atoms with van der Waals surface area (Å²) < 4.78 is 37.6. The molecule has 0 aliphatic heterocycles. The van der Waals surface area contributed by atoms with Crippen molar-refractivity contribution in [2.45, 2.75) is 12.6 Å². The number of nitrogens with one attached hydrogen (secondary N) is 3. The molecule has 26 heavy (non-hydrogen) atoms. The zero-order valence-electron chi connectivity index (χ0n) is 13.8. The Hall–Kier alpha value is -2.55. The van der Waals surface area contributed by atoms with E-state index < -0.39 is 11.7 Å². The van der Waals surface area contributed by atoms with Gasteiger partial charge in [-0.25, -0.2) is 9.97 Å². The Kier molecular flexibility index (Phi) is 6.62. The average molecular weight is 388 g/mol. The molecule has 1 amide bonds. The number of nitrogens with zero attached hydrogens (tertiary/aromatic N) is 2. The predicted molar refractivity (Wildman–Crippen MR) is 93.5 cm³/mol. The molecule has 0 atom stereocenters. The van der Waals surface area contributed by atoms with Gasteiger partial charge in [-0.15, -0.1) is 0 Å². The fourth-order valence-electron chi connectivity index (χ4n) is 2.03. The van der Waals surface area contributed by atoms with Crippen LogP contribution in [-0.2, 0) is 6.18 Å². The van der Waals surface area contributed by atoms with Crippen molar-refractivity contribution in [3.05, 3.63) is 46.7 Å². The Morgan fingerprint density at radius 2 is 2.00 bits per heavy atom. The number of anilines is 2. The molecule has 2 aromatic rings. The van der Waals surface area contributed by atoms with E-state index in [1.54, 1.807) is 19.2 Å². The quantitative estimate of drug-likeness (QED) is 0.634. The first-order valence-electron chi connectivity index (χ1n) is 7.70. The minimum absolute atomic E-state index is 0.111. The lowest BCUT2D eigenvalue weighted by Gasteiger charge is -2.11. The zero-order valence-corrected chi connectivity index (χ0v) is 14.6. The number of hydrogen-bond donors (Lipinski definition) is 3. The fourth-order valence-corrected chi connectivity index (χ4v) is 2.26. The van der Waals surface area contributed by atoms with Crippen LogP contribution in [0.5, 0.6) is 0 Å². The normalized spacial score (nSPS) is 11.1. The molecule has 3 N–H and O–H groups in total. The molecular formula is C16H17ClF3N5O. The van der Waals surface area contributed by atoms with Crippen LogP contribution >= 0.6 is 11.6 Å². The maximum atomic E-state index is 12.5. The molecule has 0 fully saturated rings. The maximum Gasteiger partial charge on any atom is 0.417 e. The second kappa shape index (κ2) is 8.70. The Balaban J connectivity index is 1.77. The molecule has 0 aliphatic rings. The van der Waals surface area contributed by atoms with Crippen LogP contribution in [0.25, 0.3) is 0 Å². The molecule has 2 heterocycles. The van der Waals surface area contributed by atoms with Crippen LogP contribution in [0.3, 0.4) is 0 Å². The van der Waals surface area contributed by atoms with E-state index in [9.17, 15) is 18.0 Å². The van der Waals surface area contributed by atoms with E-state index in [4.69, 9.17) is 11.6 Å².